The molecule has 0 unspecified atom stereocenters. The lowest BCUT2D eigenvalue weighted by Crippen LogP contribution is -2.08. The van der Waals surface area contributed by atoms with Crippen LogP contribution in [0.5, 0.6) is 0 Å². The molecule has 0 saturated carbocycles. The van der Waals surface area contributed by atoms with E-state index in [-0.39, 0.29) is 11.0 Å². The average Bonchev–Trinajstić information content (AvgIpc) is 2.83. The van der Waals surface area contributed by atoms with Crippen LogP contribution in [0.25, 0.3) is 0 Å². The minimum atomic E-state index is -1.57. The van der Waals surface area contributed by atoms with Crippen molar-refractivity contribution >= 4 is 17.1 Å². The van der Waals surface area contributed by atoms with Gasteiger partial charge in [-0.3, -0.25) is 4.79 Å². The van der Waals surface area contributed by atoms with Crippen LogP contribution in [0.2, 0.25) is 0 Å². The zero-order chi connectivity index (χ0) is 15.1. The molecule has 2 rings (SSSR count). The minimum absolute atomic E-state index is 0.109. The maximum atomic E-state index is 13.1. The molecule has 1 aromatic carbocycles. The molecule has 0 amide bonds. The van der Waals surface area contributed by atoms with Crippen molar-refractivity contribution < 1.29 is 18.0 Å². The van der Waals surface area contributed by atoms with Crippen LogP contribution in [0, 0.1) is 17.5 Å². The lowest BCUT2D eigenvalue weighted by atomic mass is 9.95. The highest BCUT2D eigenvalue weighted by atomic mass is 32.1. The van der Waals surface area contributed by atoms with Gasteiger partial charge in [0, 0.05) is 10.4 Å². The Balaban J connectivity index is 2.39. The van der Waals surface area contributed by atoms with Gasteiger partial charge in [0.25, 0.3) is 0 Å². The molecule has 106 valence electrons. The molecular formula is C15H13F3OS. The first kappa shape index (κ1) is 14.8. The Labute approximate surface area is 119 Å². The van der Waals surface area contributed by atoms with Crippen LogP contribution >= 0.6 is 11.3 Å². The second kappa shape index (κ2) is 5.05. The Bertz CT molecular complexity index is 645. The normalized spacial score (nSPS) is 11.7. The van der Waals surface area contributed by atoms with E-state index in [2.05, 4.69) is 0 Å². The first-order valence-corrected chi connectivity index (χ1v) is 6.81. The Morgan fingerprint density at radius 3 is 2.05 bits per heavy atom. The van der Waals surface area contributed by atoms with Crippen LogP contribution < -0.4 is 0 Å². The van der Waals surface area contributed by atoms with Gasteiger partial charge in [0.15, 0.2) is 17.5 Å². The molecule has 0 aliphatic heterocycles. The van der Waals surface area contributed by atoms with E-state index in [0.29, 0.717) is 4.88 Å². The van der Waals surface area contributed by atoms with Crippen molar-refractivity contribution in [3.05, 3.63) is 57.0 Å². The molecule has 20 heavy (non-hydrogen) atoms. The lowest BCUT2D eigenvalue weighted by Gasteiger charge is -2.15. The van der Waals surface area contributed by atoms with Gasteiger partial charge in [0.2, 0.25) is 5.78 Å². The fourth-order valence-electron chi connectivity index (χ4n) is 1.69. The monoisotopic (exact) mass is 298 g/mol. The van der Waals surface area contributed by atoms with Crippen LogP contribution in [-0.2, 0) is 5.41 Å². The van der Waals surface area contributed by atoms with E-state index in [1.54, 1.807) is 6.07 Å². The van der Waals surface area contributed by atoms with E-state index >= 15 is 0 Å². The average molecular weight is 298 g/mol. The van der Waals surface area contributed by atoms with Crippen LogP contribution in [0.1, 0.15) is 40.9 Å². The Morgan fingerprint density at radius 2 is 1.60 bits per heavy atom. The van der Waals surface area contributed by atoms with E-state index in [4.69, 9.17) is 0 Å². The highest BCUT2D eigenvalue weighted by Gasteiger charge is 2.21. The minimum Gasteiger partial charge on any atom is -0.288 e. The second-order valence-corrected chi connectivity index (χ2v) is 6.58. The molecule has 0 aliphatic carbocycles. The van der Waals surface area contributed by atoms with Gasteiger partial charge in [0.1, 0.15) is 0 Å². The zero-order valence-electron chi connectivity index (χ0n) is 11.3. The third-order valence-electron chi connectivity index (χ3n) is 2.81. The summed E-state index contributed by atoms with van der Waals surface area (Å²) < 4.78 is 39.2. The van der Waals surface area contributed by atoms with Crippen molar-refractivity contribution in [2.24, 2.45) is 0 Å². The highest BCUT2D eigenvalue weighted by Crippen LogP contribution is 2.30. The number of thiophene rings is 1. The SMILES string of the molecule is CC(C)(C)c1ccc(C(=O)c2cc(F)c(F)c(F)c2)s1. The molecule has 0 aliphatic rings. The van der Waals surface area contributed by atoms with Gasteiger partial charge >= 0.3 is 0 Å². The molecule has 0 atom stereocenters. The Morgan fingerprint density at radius 1 is 1.05 bits per heavy atom. The van der Waals surface area contributed by atoms with Crippen LogP contribution in [0.4, 0.5) is 13.2 Å². The van der Waals surface area contributed by atoms with Gasteiger partial charge in [-0.15, -0.1) is 11.3 Å². The maximum absolute atomic E-state index is 13.1. The standard InChI is InChI=1S/C15H13F3OS/c1-15(2,3)12-5-4-11(20-12)14(19)8-6-9(16)13(18)10(17)7-8/h4-7H,1-3H3. The van der Waals surface area contributed by atoms with Gasteiger partial charge in [0.05, 0.1) is 4.88 Å². The number of benzene rings is 1. The highest BCUT2D eigenvalue weighted by molar-refractivity contribution is 7.14. The van der Waals surface area contributed by atoms with E-state index in [1.807, 2.05) is 26.8 Å². The van der Waals surface area contributed by atoms with Gasteiger partial charge < -0.3 is 0 Å². The molecule has 0 bridgehead atoms. The number of halogens is 3. The molecule has 1 heterocycles. The largest absolute Gasteiger partial charge is 0.288 e. The van der Waals surface area contributed by atoms with E-state index in [1.165, 1.54) is 11.3 Å². The van der Waals surface area contributed by atoms with Gasteiger partial charge in [-0.2, -0.15) is 0 Å². The summed E-state index contributed by atoms with van der Waals surface area (Å²) in [4.78, 5) is 13.5. The second-order valence-electron chi connectivity index (χ2n) is 5.50. The first-order valence-electron chi connectivity index (χ1n) is 5.99. The summed E-state index contributed by atoms with van der Waals surface area (Å²) in [6.45, 7) is 6.01. The van der Waals surface area contributed by atoms with Crippen molar-refractivity contribution in [2.45, 2.75) is 26.2 Å². The van der Waals surface area contributed by atoms with Crippen LogP contribution in [0.3, 0.4) is 0 Å². The maximum Gasteiger partial charge on any atom is 0.203 e. The molecule has 2 aromatic rings. The predicted octanol–water partition coefficient (Wildman–Crippen LogP) is 4.69. The zero-order valence-corrected chi connectivity index (χ0v) is 12.1. The van der Waals surface area contributed by atoms with Gasteiger partial charge in [-0.25, -0.2) is 13.2 Å². The number of rotatable bonds is 2. The summed E-state index contributed by atoms with van der Waals surface area (Å²) in [5, 5.41) is 0. The van der Waals surface area contributed by atoms with Crippen LogP contribution in [0.15, 0.2) is 24.3 Å². The summed E-state index contributed by atoms with van der Waals surface area (Å²) in [6.07, 6.45) is 0. The summed E-state index contributed by atoms with van der Waals surface area (Å²) in [5.74, 6) is -4.80. The first-order chi connectivity index (χ1) is 9.20. The molecule has 0 N–H and O–H groups in total. The van der Waals surface area contributed by atoms with Crippen molar-refractivity contribution in [1.82, 2.24) is 0 Å². The number of hydrogen-bond donors (Lipinski definition) is 0. The molecule has 0 fully saturated rings. The predicted molar refractivity (Wildman–Crippen MR) is 72.8 cm³/mol. The van der Waals surface area contributed by atoms with E-state index in [9.17, 15) is 18.0 Å². The number of carbonyl (C=O) groups is 1. The van der Waals surface area contributed by atoms with E-state index < -0.39 is 23.2 Å². The molecule has 5 heteroatoms. The lowest BCUT2D eigenvalue weighted by molar-refractivity contribution is 0.104. The van der Waals surface area contributed by atoms with Gasteiger partial charge in [-0.1, -0.05) is 20.8 Å². The number of hydrogen-bond acceptors (Lipinski definition) is 2. The quantitative estimate of drug-likeness (QED) is 0.580. The fraction of sp³-hybridized carbons (Fsp3) is 0.267. The summed E-state index contributed by atoms with van der Waals surface area (Å²) in [7, 11) is 0. The molecule has 0 saturated heterocycles. The Kier molecular flexibility index (Phi) is 3.73. The van der Waals surface area contributed by atoms with Crippen molar-refractivity contribution in [2.75, 3.05) is 0 Å². The molecule has 0 radical (unpaired) electrons. The van der Waals surface area contributed by atoms with Crippen molar-refractivity contribution in [1.29, 1.82) is 0 Å². The third-order valence-corrected chi connectivity index (χ3v) is 4.32. The number of ketones is 1. The molecule has 1 nitrogen and oxygen atoms in total. The topological polar surface area (TPSA) is 17.1 Å². The Hall–Kier alpha value is -1.62. The summed E-state index contributed by atoms with van der Waals surface area (Å²) in [5.41, 5.74) is -0.300. The van der Waals surface area contributed by atoms with E-state index in [0.717, 1.165) is 17.0 Å². The smallest absolute Gasteiger partial charge is 0.203 e. The number of carbonyl (C=O) groups excluding carboxylic acids is 1. The van der Waals surface area contributed by atoms with Crippen LogP contribution in [-0.4, -0.2) is 5.78 Å². The van der Waals surface area contributed by atoms with Gasteiger partial charge in [-0.05, 0) is 29.7 Å². The fourth-order valence-corrected chi connectivity index (χ4v) is 2.72. The van der Waals surface area contributed by atoms with Crippen molar-refractivity contribution in [3.8, 4) is 0 Å². The summed E-state index contributed by atoms with van der Waals surface area (Å²) in [6, 6.07) is 4.87. The third kappa shape index (κ3) is 2.77. The van der Waals surface area contributed by atoms with Crippen molar-refractivity contribution in [3.63, 3.8) is 0 Å². The molecular weight excluding hydrogens is 285 g/mol. The molecule has 1 aromatic heterocycles. The summed E-state index contributed by atoms with van der Waals surface area (Å²) >= 11 is 1.27. The molecule has 0 spiro atoms.